The van der Waals surface area contributed by atoms with Crippen molar-refractivity contribution in [3.05, 3.63) is 65.4 Å². The molecule has 0 bridgehead atoms. The summed E-state index contributed by atoms with van der Waals surface area (Å²) in [6, 6.07) is 15.2. The molecule has 2 aromatic carbocycles. The minimum Gasteiger partial charge on any atom is -0.492 e. The lowest BCUT2D eigenvalue weighted by molar-refractivity contribution is -0.113. The first-order valence-electron chi connectivity index (χ1n) is 11.3. The van der Waals surface area contributed by atoms with Crippen LogP contribution in [0.1, 0.15) is 32.4 Å². The van der Waals surface area contributed by atoms with Crippen LogP contribution in [-0.4, -0.2) is 47.1 Å². The fourth-order valence-corrected chi connectivity index (χ4v) is 4.47. The van der Waals surface area contributed by atoms with Gasteiger partial charge in [0.05, 0.1) is 17.9 Å². The number of nitrogens with zero attached hydrogens (tertiary/aromatic N) is 4. The molecule has 1 aliphatic heterocycles. The third kappa shape index (κ3) is 4.75. The van der Waals surface area contributed by atoms with Crippen LogP contribution < -0.4 is 20.3 Å². The van der Waals surface area contributed by atoms with Gasteiger partial charge in [0.2, 0.25) is 11.1 Å². The number of hydrogen-bond donors (Lipinski definition) is 2. The van der Waals surface area contributed by atoms with Crippen LogP contribution in [0.25, 0.3) is 0 Å². The van der Waals surface area contributed by atoms with Crippen LogP contribution >= 0.6 is 11.8 Å². The molecule has 0 aliphatic carbocycles. The molecule has 1 amide bonds. The topological polar surface area (TPSA) is 84.3 Å². The van der Waals surface area contributed by atoms with Gasteiger partial charge in [0.15, 0.2) is 0 Å². The lowest BCUT2D eigenvalue weighted by Gasteiger charge is -2.29. The SMILES string of the molecule is CCOc1ccccc1NC(=O)C1=C(C)Nc2nc(SCC)nn2C1c1ccc(N(C)C)cc1. The van der Waals surface area contributed by atoms with Crippen LogP contribution in [0.3, 0.4) is 0 Å². The van der Waals surface area contributed by atoms with Crippen molar-refractivity contribution >= 4 is 35.0 Å². The second-order valence-corrected chi connectivity index (χ2v) is 9.26. The fraction of sp³-hybridized carbons (Fsp3) is 0.320. The summed E-state index contributed by atoms with van der Waals surface area (Å²) in [4.78, 5) is 20.4. The molecular weight excluding hydrogens is 448 g/mol. The van der Waals surface area contributed by atoms with Crippen molar-refractivity contribution in [1.82, 2.24) is 14.8 Å². The smallest absolute Gasteiger partial charge is 0.255 e. The van der Waals surface area contributed by atoms with Crippen LogP contribution in [0, 0.1) is 0 Å². The molecule has 2 N–H and O–H groups in total. The van der Waals surface area contributed by atoms with Crippen molar-refractivity contribution in [3.8, 4) is 5.75 Å². The van der Waals surface area contributed by atoms with Gasteiger partial charge in [-0.15, -0.1) is 5.10 Å². The van der Waals surface area contributed by atoms with Gasteiger partial charge in [0, 0.05) is 25.5 Å². The highest BCUT2D eigenvalue weighted by Gasteiger charge is 2.34. The molecule has 0 radical (unpaired) electrons. The second-order valence-electron chi connectivity index (χ2n) is 8.03. The maximum absolute atomic E-state index is 13.7. The first kappa shape index (κ1) is 23.7. The zero-order chi connectivity index (χ0) is 24.2. The number of fused-ring (bicyclic) bond motifs is 1. The van der Waals surface area contributed by atoms with E-state index in [9.17, 15) is 4.79 Å². The third-order valence-corrected chi connectivity index (χ3v) is 6.23. The molecule has 3 aromatic rings. The summed E-state index contributed by atoms with van der Waals surface area (Å²) in [6.07, 6.45) is 0. The van der Waals surface area contributed by atoms with Crippen molar-refractivity contribution in [3.63, 3.8) is 0 Å². The van der Waals surface area contributed by atoms with E-state index in [4.69, 9.17) is 9.84 Å². The number of amides is 1. The molecule has 178 valence electrons. The van der Waals surface area contributed by atoms with E-state index in [1.165, 1.54) is 0 Å². The molecular formula is C25H30N6O2S. The zero-order valence-corrected chi connectivity index (χ0v) is 20.9. The van der Waals surface area contributed by atoms with Crippen LogP contribution in [0.5, 0.6) is 5.75 Å². The number of rotatable bonds is 8. The number of aromatic nitrogens is 3. The molecule has 1 aliphatic rings. The third-order valence-electron chi connectivity index (χ3n) is 5.51. The van der Waals surface area contributed by atoms with Gasteiger partial charge in [-0.1, -0.05) is 43.0 Å². The molecule has 1 unspecified atom stereocenters. The summed E-state index contributed by atoms with van der Waals surface area (Å²) >= 11 is 1.57. The predicted octanol–water partition coefficient (Wildman–Crippen LogP) is 4.78. The normalized spacial score (nSPS) is 14.9. The second kappa shape index (κ2) is 10.2. The summed E-state index contributed by atoms with van der Waals surface area (Å²) in [7, 11) is 4.00. The van der Waals surface area contributed by atoms with Crippen LogP contribution in [0.15, 0.2) is 65.0 Å². The van der Waals surface area contributed by atoms with Crippen LogP contribution in [-0.2, 0) is 4.79 Å². The zero-order valence-electron chi connectivity index (χ0n) is 20.1. The number of thioether (sulfide) groups is 1. The van der Waals surface area contributed by atoms with Crippen molar-refractivity contribution in [2.45, 2.75) is 32.0 Å². The first-order chi connectivity index (χ1) is 16.4. The summed E-state index contributed by atoms with van der Waals surface area (Å²) < 4.78 is 7.51. The Bertz CT molecular complexity index is 1200. The van der Waals surface area contributed by atoms with Gasteiger partial charge < -0.3 is 20.3 Å². The number of nitrogens with one attached hydrogen (secondary N) is 2. The van der Waals surface area contributed by atoms with Gasteiger partial charge in [0.25, 0.3) is 5.91 Å². The highest BCUT2D eigenvalue weighted by atomic mass is 32.2. The molecule has 9 heteroatoms. The number of carbonyl (C=O) groups excluding carboxylic acids is 1. The number of allylic oxidation sites excluding steroid dienone is 1. The largest absolute Gasteiger partial charge is 0.492 e. The van der Waals surface area contributed by atoms with E-state index >= 15 is 0 Å². The number of carbonyl (C=O) groups is 1. The molecule has 8 nitrogen and oxygen atoms in total. The quantitative estimate of drug-likeness (QED) is 0.451. The maximum Gasteiger partial charge on any atom is 0.255 e. The minimum absolute atomic E-state index is 0.218. The highest BCUT2D eigenvalue weighted by Crippen LogP contribution is 2.37. The average Bonchev–Trinajstić information content (AvgIpc) is 3.21. The van der Waals surface area contributed by atoms with Gasteiger partial charge >= 0.3 is 0 Å². The van der Waals surface area contributed by atoms with Crippen LogP contribution in [0.4, 0.5) is 17.3 Å². The van der Waals surface area contributed by atoms with E-state index in [-0.39, 0.29) is 5.91 Å². The van der Waals surface area contributed by atoms with Gasteiger partial charge in [-0.2, -0.15) is 4.98 Å². The van der Waals surface area contributed by atoms with Gasteiger partial charge in [-0.3, -0.25) is 4.79 Å². The Labute approximate surface area is 204 Å². The fourth-order valence-electron chi connectivity index (χ4n) is 3.92. The summed E-state index contributed by atoms with van der Waals surface area (Å²) in [5, 5.41) is 11.7. The number of hydrogen-bond acceptors (Lipinski definition) is 7. The van der Waals surface area contributed by atoms with Gasteiger partial charge in [-0.05, 0) is 49.4 Å². The minimum atomic E-state index is -0.426. The molecule has 0 spiro atoms. The first-order valence-corrected chi connectivity index (χ1v) is 12.3. The Morgan fingerprint density at radius 3 is 2.59 bits per heavy atom. The van der Waals surface area contributed by atoms with Gasteiger partial charge in [-0.25, -0.2) is 4.68 Å². The highest BCUT2D eigenvalue weighted by molar-refractivity contribution is 7.99. The average molecular weight is 479 g/mol. The number of para-hydroxylation sites is 2. The molecule has 34 heavy (non-hydrogen) atoms. The lowest BCUT2D eigenvalue weighted by Crippen LogP contribution is -2.31. The predicted molar refractivity (Wildman–Crippen MR) is 138 cm³/mol. The van der Waals surface area contributed by atoms with E-state index in [0.29, 0.717) is 34.7 Å². The summed E-state index contributed by atoms with van der Waals surface area (Å²) in [5.41, 5.74) is 3.98. The molecule has 1 atom stereocenters. The Hall–Kier alpha value is -3.46. The molecule has 0 saturated carbocycles. The molecule has 1 aromatic heterocycles. The summed E-state index contributed by atoms with van der Waals surface area (Å²) in [5.74, 6) is 1.90. The van der Waals surface area contributed by atoms with E-state index in [1.807, 2.05) is 81.4 Å². The number of anilines is 3. The Morgan fingerprint density at radius 2 is 1.91 bits per heavy atom. The monoisotopic (exact) mass is 478 g/mol. The van der Waals surface area contributed by atoms with E-state index in [0.717, 1.165) is 22.7 Å². The van der Waals surface area contributed by atoms with Crippen molar-refractivity contribution < 1.29 is 9.53 Å². The van der Waals surface area contributed by atoms with Crippen molar-refractivity contribution in [2.24, 2.45) is 0 Å². The number of ether oxygens (including phenoxy) is 1. The molecule has 2 heterocycles. The standard InChI is InChI=1S/C25H30N6O2S/c1-6-33-20-11-9-8-10-19(20)27-23(32)21-16(3)26-24-28-25(34-7-2)29-31(24)22(21)17-12-14-18(15-13-17)30(4)5/h8-15,22H,6-7H2,1-5H3,(H,27,32)(H,26,28,29). The molecule has 4 rings (SSSR count). The van der Waals surface area contributed by atoms with Crippen LogP contribution in [0.2, 0.25) is 0 Å². The Morgan fingerprint density at radius 1 is 1.18 bits per heavy atom. The summed E-state index contributed by atoms with van der Waals surface area (Å²) in [6.45, 7) is 6.39. The molecule has 0 saturated heterocycles. The molecule has 0 fully saturated rings. The van der Waals surface area contributed by atoms with E-state index < -0.39 is 6.04 Å². The van der Waals surface area contributed by atoms with Crippen molar-refractivity contribution in [2.75, 3.05) is 42.0 Å². The van der Waals surface area contributed by atoms with E-state index in [2.05, 4.69) is 22.5 Å². The lowest BCUT2D eigenvalue weighted by atomic mass is 9.94. The maximum atomic E-state index is 13.7. The van der Waals surface area contributed by atoms with Crippen molar-refractivity contribution in [1.29, 1.82) is 0 Å². The Kier molecular flexibility index (Phi) is 7.12. The number of benzene rings is 2. The van der Waals surface area contributed by atoms with Gasteiger partial charge in [0.1, 0.15) is 11.8 Å². The Balaban J connectivity index is 1.76. The van der Waals surface area contributed by atoms with E-state index in [1.54, 1.807) is 16.4 Å².